The maximum atomic E-state index is 12.6. The van der Waals surface area contributed by atoms with Gasteiger partial charge < -0.3 is 15.0 Å². The summed E-state index contributed by atoms with van der Waals surface area (Å²) in [6.07, 6.45) is 0. The number of para-hydroxylation sites is 2. The smallest absolute Gasteiger partial charge is 0.338 e. The molecule has 0 spiro atoms. The summed E-state index contributed by atoms with van der Waals surface area (Å²) < 4.78 is 5.22. The van der Waals surface area contributed by atoms with Gasteiger partial charge in [0, 0.05) is 16.6 Å². The molecule has 2 heterocycles. The molecule has 0 radical (unpaired) electrons. The molecule has 7 heteroatoms. The first-order valence-corrected chi connectivity index (χ1v) is 8.89. The first-order valence-electron chi connectivity index (χ1n) is 8.89. The number of nitrogens with zero attached hydrogens (tertiary/aromatic N) is 1. The summed E-state index contributed by atoms with van der Waals surface area (Å²) in [7, 11) is 0. The molecule has 1 aromatic heterocycles. The Hall–Kier alpha value is -3.61. The van der Waals surface area contributed by atoms with Crippen LogP contribution in [0.25, 0.3) is 10.9 Å². The average molecular weight is 377 g/mol. The van der Waals surface area contributed by atoms with E-state index in [-0.39, 0.29) is 12.5 Å². The highest BCUT2D eigenvalue weighted by Gasteiger charge is 2.27. The molecular weight excluding hydrogens is 358 g/mol. The van der Waals surface area contributed by atoms with Gasteiger partial charge in [-0.25, -0.2) is 4.79 Å². The number of nitrogens with one attached hydrogen (secondary N) is 2. The second kappa shape index (κ2) is 6.84. The van der Waals surface area contributed by atoms with Crippen LogP contribution in [0.2, 0.25) is 0 Å². The number of aryl methyl sites for hydroxylation is 2. The Balaban J connectivity index is 1.49. The molecule has 2 aromatic carbocycles. The summed E-state index contributed by atoms with van der Waals surface area (Å²) in [4.78, 5) is 41.4. The molecule has 0 saturated carbocycles. The topological polar surface area (TPSA) is 91.5 Å². The fraction of sp³-hybridized carbons (Fsp3) is 0.190. The first kappa shape index (κ1) is 17.8. The molecule has 3 aromatic rings. The monoisotopic (exact) mass is 377 g/mol. The first-order chi connectivity index (χ1) is 13.4. The van der Waals surface area contributed by atoms with Crippen molar-refractivity contribution in [2.75, 3.05) is 23.4 Å². The van der Waals surface area contributed by atoms with Gasteiger partial charge in [-0.15, -0.1) is 0 Å². The predicted octanol–water partition coefficient (Wildman–Crippen LogP) is 2.93. The van der Waals surface area contributed by atoms with Gasteiger partial charge in [0.25, 0.3) is 5.91 Å². The zero-order valence-electron chi connectivity index (χ0n) is 15.5. The van der Waals surface area contributed by atoms with Crippen molar-refractivity contribution in [3.05, 3.63) is 59.3 Å². The minimum atomic E-state index is -0.580. The summed E-state index contributed by atoms with van der Waals surface area (Å²) in [5.41, 5.74) is 4.57. The summed E-state index contributed by atoms with van der Waals surface area (Å²) >= 11 is 0. The highest BCUT2D eigenvalue weighted by Crippen LogP contribution is 2.29. The largest absolute Gasteiger partial charge is 0.452 e. The maximum Gasteiger partial charge on any atom is 0.338 e. The van der Waals surface area contributed by atoms with Crippen LogP contribution in [0.4, 0.5) is 11.4 Å². The number of anilines is 2. The average Bonchev–Trinajstić information content (AvgIpc) is 2.98. The van der Waals surface area contributed by atoms with Crippen LogP contribution >= 0.6 is 0 Å². The number of hydrogen-bond acceptors (Lipinski definition) is 4. The molecule has 2 amide bonds. The molecule has 0 saturated heterocycles. The van der Waals surface area contributed by atoms with Gasteiger partial charge in [0.05, 0.1) is 16.9 Å². The fourth-order valence-electron chi connectivity index (χ4n) is 3.33. The van der Waals surface area contributed by atoms with Gasteiger partial charge in [0.15, 0.2) is 6.61 Å². The number of carbonyl (C=O) groups is 3. The number of hydrogen-bond donors (Lipinski definition) is 2. The molecule has 0 aliphatic carbocycles. The predicted molar refractivity (Wildman–Crippen MR) is 105 cm³/mol. The number of carbonyl (C=O) groups excluding carboxylic acids is 3. The molecule has 7 nitrogen and oxygen atoms in total. The van der Waals surface area contributed by atoms with Crippen molar-refractivity contribution in [3.8, 4) is 0 Å². The quantitative estimate of drug-likeness (QED) is 0.687. The number of benzene rings is 2. The molecule has 4 rings (SSSR count). The van der Waals surface area contributed by atoms with Crippen LogP contribution in [0.5, 0.6) is 0 Å². The third-order valence-electron chi connectivity index (χ3n) is 4.94. The lowest BCUT2D eigenvalue weighted by Gasteiger charge is -2.28. The summed E-state index contributed by atoms with van der Waals surface area (Å²) in [5, 5.41) is 3.66. The van der Waals surface area contributed by atoms with Crippen LogP contribution in [0.15, 0.2) is 42.5 Å². The van der Waals surface area contributed by atoms with Crippen molar-refractivity contribution in [1.82, 2.24) is 4.98 Å². The molecule has 28 heavy (non-hydrogen) atoms. The number of fused-ring (bicyclic) bond motifs is 2. The highest BCUT2D eigenvalue weighted by atomic mass is 16.5. The van der Waals surface area contributed by atoms with E-state index >= 15 is 0 Å². The van der Waals surface area contributed by atoms with Crippen molar-refractivity contribution in [2.24, 2.45) is 0 Å². The lowest BCUT2D eigenvalue weighted by atomic mass is 10.1. The van der Waals surface area contributed by atoms with E-state index in [9.17, 15) is 14.4 Å². The van der Waals surface area contributed by atoms with Crippen LogP contribution in [-0.2, 0) is 14.3 Å². The second-order valence-electron chi connectivity index (χ2n) is 6.76. The Morgan fingerprint density at radius 2 is 1.93 bits per heavy atom. The number of aromatic amines is 1. The van der Waals surface area contributed by atoms with E-state index in [1.54, 1.807) is 36.4 Å². The van der Waals surface area contributed by atoms with Crippen LogP contribution in [-0.4, -0.2) is 35.9 Å². The minimum absolute atomic E-state index is 0.110. The molecule has 1 aliphatic rings. The Bertz CT molecular complexity index is 1120. The van der Waals surface area contributed by atoms with E-state index in [0.29, 0.717) is 16.9 Å². The van der Waals surface area contributed by atoms with Crippen molar-refractivity contribution in [2.45, 2.75) is 13.8 Å². The van der Waals surface area contributed by atoms with Gasteiger partial charge in [-0.05, 0) is 49.7 Å². The molecule has 1 aliphatic heterocycles. The van der Waals surface area contributed by atoms with E-state index in [2.05, 4.69) is 10.3 Å². The number of ether oxygens (including phenoxy) is 1. The van der Waals surface area contributed by atoms with Crippen molar-refractivity contribution < 1.29 is 19.1 Å². The lowest BCUT2D eigenvalue weighted by molar-refractivity contribution is -0.124. The third kappa shape index (κ3) is 3.11. The van der Waals surface area contributed by atoms with Gasteiger partial charge in [0.2, 0.25) is 5.91 Å². The van der Waals surface area contributed by atoms with E-state index in [1.807, 2.05) is 19.9 Å². The van der Waals surface area contributed by atoms with E-state index in [1.165, 1.54) is 4.90 Å². The van der Waals surface area contributed by atoms with Gasteiger partial charge in [-0.1, -0.05) is 12.1 Å². The van der Waals surface area contributed by atoms with Gasteiger partial charge in [-0.3, -0.25) is 14.5 Å². The zero-order chi connectivity index (χ0) is 19.8. The Labute approximate surface area is 161 Å². The molecule has 0 unspecified atom stereocenters. The number of esters is 1. The molecule has 0 fully saturated rings. The Kier molecular flexibility index (Phi) is 4.35. The van der Waals surface area contributed by atoms with Gasteiger partial charge >= 0.3 is 5.97 Å². The number of aromatic nitrogens is 1. The van der Waals surface area contributed by atoms with Crippen LogP contribution < -0.4 is 10.2 Å². The molecule has 0 bridgehead atoms. The Morgan fingerprint density at radius 1 is 1.14 bits per heavy atom. The zero-order valence-corrected chi connectivity index (χ0v) is 15.5. The minimum Gasteiger partial charge on any atom is -0.452 e. The lowest BCUT2D eigenvalue weighted by Crippen LogP contribution is -2.44. The standard InChI is InChI=1S/C21H19N3O4/c1-12-13(2)22-16-8-7-14(9-15(12)16)21(27)28-11-20(26)24-10-19(25)23-17-5-3-4-6-18(17)24/h3-9,22H,10-11H2,1-2H3,(H,23,25). The van der Waals surface area contributed by atoms with Gasteiger partial charge in [0.1, 0.15) is 6.54 Å². The second-order valence-corrected chi connectivity index (χ2v) is 6.76. The highest BCUT2D eigenvalue weighted by molar-refractivity contribution is 6.10. The van der Waals surface area contributed by atoms with E-state index in [4.69, 9.17) is 4.74 Å². The van der Waals surface area contributed by atoms with Crippen LogP contribution in [0.3, 0.4) is 0 Å². The van der Waals surface area contributed by atoms with Crippen molar-refractivity contribution >= 4 is 40.1 Å². The van der Waals surface area contributed by atoms with Gasteiger partial charge in [-0.2, -0.15) is 0 Å². The maximum absolute atomic E-state index is 12.6. The fourth-order valence-corrected chi connectivity index (χ4v) is 3.33. The molecule has 142 valence electrons. The van der Waals surface area contributed by atoms with Crippen LogP contribution in [0, 0.1) is 13.8 Å². The number of amides is 2. The third-order valence-corrected chi connectivity index (χ3v) is 4.94. The summed E-state index contributed by atoms with van der Waals surface area (Å²) in [5.74, 6) is -1.32. The summed E-state index contributed by atoms with van der Waals surface area (Å²) in [6, 6.07) is 12.2. The van der Waals surface area contributed by atoms with Crippen molar-refractivity contribution in [1.29, 1.82) is 0 Å². The van der Waals surface area contributed by atoms with E-state index < -0.39 is 18.5 Å². The number of rotatable bonds is 3. The molecular formula is C21H19N3O4. The molecule has 2 N–H and O–H groups in total. The van der Waals surface area contributed by atoms with Crippen molar-refractivity contribution in [3.63, 3.8) is 0 Å². The Morgan fingerprint density at radius 3 is 2.75 bits per heavy atom. The SMILES string of the molecule is Cc1[nH]c2ccc(C(=O)OCC(=O)N3CC(=O)Nc4ccccc43)cc2c1C. The number of H-pyrrole nitrogens is 1. The van der Waals surface area contributed by atoms with Crippen LogP contribution in [0.1, 0.15) is 21.6 Å². The molecule has 0 atom stereocenters. The normalized spacial score (nSPS) is 13.2. The summed E-state index contributed by atoms with van der Waals surface area (Å²) in [6.45, 7) is 3.40. The van der Waals surface area contributed by atoms with E-state index in [0.717, 1.165) is 22.2 Å².